The van der Waals surface area contributed by atoms with Crippen LogP contribution in [-0.4, -0.2) is 0 Å². The Morgan fingerprint density at radius 3 is 2.57 bits per heavy atom. The van der Waals surface area contributed by atoms with Crippen molar-refractivity contribution in [2.45, 2.75) is 21.2 Å². The number of hydrogen-bond donors (Lipinski definition) is 0. The molecule has 74 valence electrons. The number of fused-ring (bicyclic) bond motifs is 1. The van der Waals surface area contributed by atoms with E-state index in [1.807, 2.05) is 0 Å². The lowest BCUT2D eigenvalue weighted by molar-refractivity contribution is 0.880. The molecule has 2 rings (SSSR count). The maximum Gasteiger partial charge on any atom is 0.120 e. The highest BCUT2D eigenvalue weighted by atomic mass is 127. The van der Waals surface area contributed by atoms with E-state index in [0.29, 0.717) is 0 Å². The van der Waals surface area contributed by atoms with E-state index in [9.17, 15) is 0 Å². The Labute approximate surface area is 112 Å². The zero-order chi connectivity index (χ0) is 10.2. The van der Waals surface area contributed by atoms with Crippen molar-refractivity contribution >= 4 is 51.3 Å². The van der Waals surface area contributed by atoms with Crippen molar-refractivity contribution in [3.63, 3.8) is 0 Å². The van der Waals surface area contributed by atoms with Crippen LogP contribution in [0.15, 0.2) is 29.8 Å². The molecule has 0 amide bonds. The van der Waals surface area contributed by atoms with Crippen LogP contribution in [0.4, 0.5) is 0 Å². The van der Waals surface area contributed by atoms with Crippen LogP contribution < -0.4 is 0 Å². The summed E-state index contributed by atoms with van der Waals surface area (Å²) in [5.74, 6) is 0. The molecule has 0 radical (unpaired) electrons. The highest BCUT2D eigenvalue weighted by molar-refractivity contribution is 14.2. The predicted octanol–water partition coefficient (Wildman–Crippen LogP) is 4.91. The predicted molar refractivity (Wildman–Crippen MR) is 79.0 cm³/mol. The van der Waals surface area contributed by atoms with Crippen molar-refractivity contribution in [3.8, 4) is 0 Å². The molecule has 1 aromatic rings. The first-order valence-electron chi connectivity index (χ1n) is 4.84. The van der Waals surface area contributed by atoms with Crippen LogP contribution >= 0.6 is 45.2 Å². The fourth-order valence-corrected chi connectivity index (χ4v) is 3.69. The summed E-state index contributed by atoms with van der Waals surface area (Å²) in [7, 11) is 0. The third-order valence-corrected chi connectivity index (χ3v) is 5.10. The number of rotatable bonds is 2. The Morgan fingerprint density at radius 2 is 1.93 bits per heavy atom. The third kappa shape index (κ3) is 1.75. The first-order chi connectivity index (χ1) is 6.66. The molecule has 2 heteroatoms. The number of halogens is 2. The van der Waals surface area contributed by atoms with Gasteiger partial charge in [-0.15, -0.1) is 0 Å². The summed E-state index contributed by atoms with van der Waals surface area (Å²) in [6, 6.07) is 8.71. The largest absolute Gasteiger partial charge is 0.120 e. The van der Waals surface area contributed by atoms with E-state index in [1.54, 1.807) is 5.57 Å². The highest BCUT2D eigenvalue weighted by Crippen LogP contribution is 2.53. The summed E-state index contributed by atoms with van der Waals surface area (Å²) < 4.78 is 0.197. The van der Waals surface area contributed by atoms with E-state index in [2.05, 4.69) is 82.4 Å². The van der Waals surface area contributed by atoms with E-state index in [4.69, 9.17) is 0 Å². The molecule has 0 N–H and O–H groups in total. The molecule has 0 aromatic heterocycles. The molecular weight excluding hydrogens is 398 g/mol. The fraction of sp³-hybridized carbons (Fsp3) is 0.333. The van der Waals surface area contributed by atoms with Gasteiger partial charge in [0.15, 0.2) is 0 Å². The van der Waals surface area contributed by atoms with E-state index >= 15 is 0 Å². The minimum absolute atomic E-state index is 0.197. The molecule has 0 unspecified atom stereocenters. The van der Waals surface area contributed by atoms with Gasteiger partial charge in [-0.05, 0) is 23.1 Å². The van der Waals surface area contributed by atoms with Crippen LogP contribution in [0.5, 0.6) is 0 Å². The smallest absolute Gasteiger partial charge is 0.0651 e. The second-order valence-electron chi connectivity index (χ2n) is 3.58. The fourth-order valence-electron chi connectivity index (χ4n) is 1.86. The van der Waals surface area contributed by atoms with E-state index in [-0.39, 0.29) is 1.43 Å². The molecule has 0 nitrogen and oxygen atoms in total. The van der Waals surface area contributed by atoms with Crippen LogP contribution in [-0.2, 0) is 1.43 Å². The minimum atomic E-state index is 0.197. The van der Waals surface area contributed by atoms with Crippen LogP contribution in [0.2, 0.25) is 0 Å². The Bertz CT molecular complexity index is 378. The van der Waals surface area contributed by atoms with Gasteiger partial charge in [0, 0.05) is 0 Å². The molecule has 1 aliphatic carbocycles. The average Bonchev–Trinajstić information content (AvgIpc) is 2.41. The normalized spacial score (nSPS) is 17.8. The van der Waals surface area contributed by atoms with Crippen molar-refractivity contribution in [2.24, 2.45) is 0 Å². The van der Waals surface area contributed by atoms with Crippen LogP contribution in [0.1, 0.15) is 30.9 Å². The molecule has 0 saturated heterocycles. The highest BCUT2D eigenvalue weighted by Gasteiger charge is 2.35. The number of benzene rings is 1. The summed E-state index contributed by atoms with van der Waals surface area (Å²) in [6.07, 6.45) is 4.80. The molecule has 0 saturated carbocycles. The lowest BCUT2D eigenvalue weighted by Crippen LogP contribution is -2.07. The van der Waals surface area contributed by atoms with Crippen molar-refractivity contribution in [3.05, 3.63) is 41.0 Å². The minimum Gasteiger partial charge on any atom is -0.0651 e. The Morgan fingerprint density at radius 1 is 1.21 bits per heavy atom. The van der Waals surface area contributed by atoms with Gasteiger partial charge in [-0.1, -0.05) is 88.9 Å². The number of alkyl halides is 2. The van der Waals surface area contributed by atoms with Gasteiger partial charge in [-0.3, -0.25) is 0 Å². The summed E-state index contributed by atoms with van der Waals surface area (Å²) >= 11 is 5.12. The third-order valence-electron chi connectivity index (χ3n) is 2.55. The summed E-state index contributed by atoms with van der Waals surface area (Å²) in [5, 5.41) is 0. The van der Waals surface area contributed by atoms with Gasteiger partial charge in [-0.2, -0.15) is 0 Å². The summed E-state index contributed by atoms with van der Waals surface area (Å²) in [5.41, 5.74) is 4.42. The van der Waals surface area contributed by atoms with Crippen molar-refractivity contribution in [2.75, 3.05) is 0 Å². The molecule has 0 heterocycles. The van der Waals surface area contributed by atoms with Gasteiger partial charge in [0.05, 0.1) is 0 Å². The summed E-state index contributed by atoms with van der Waals surface area (Å²) in [6.45, 7) is 2.24. The van der Waals surface area contributed by atoms with E-state index in [1.165, 1.54) is 24.0 Å². The van der Waals surface area contributed by atoms with Crippen LogP contribution in [0.3, 0.4) is 0 Å². The van der Waals surface area contributed by atoms with Crippen molar-refractivity contribution in [1.29, 1.82) is 0 Å². The molecule has 1 aliphatic rings. The SMILES string of the molecule is CCCC1=Cc2ccccc2C1(I)I. The molecular formula is C12H12I2. The molecule has 14 heavy (non-hydrogen) atoms. The molecule has 0 spiro atoms. The van der Waals surface area contributed by atoms with Gasteiger partial charge < -0.3 is 0 Å². The topological polar surface area (TPSA) is 0 Å². The maximum absolute atomic E-state index is 2.56. The van der Waals surface area contributed by atoms with Gasteiger partial charge >= 0.3 is 0 Å². The Balaban J connectivity index is 2.45. The van der Waals surface area contributed by atoms with Crippen molar-refractivity contribution in [1.82, 2.24) is 0 Å². The lowest BCUT2D eigenvalue weighted by atomic mass is 10.1. The maximum atomic E-state index is 2.56. The van der Waals surface area contributed by atoms with Gasteiger partial charge in [0.1, 0.15) is 1.43 Å². The number of hydrogen-bond acceptors (Lipinski definition) is 0. The van der Waals surface area contributed by atoms with Crippen LogP contribution in [0.25, 0.3) is 6.08 Å². The standard InChI is InChI=1S/C12H12I2/c1-2-5-10-8-9-6-3-4-7-11(9)12(10,13)14/h3-4,6-8H,2,5H2,1H3. The molecule has 0 bridgehead atoms. The Hall–Kier alpha value is 0.420. The van der Waals surface area contributed by atoms with Crippen molar-refractivity contribution < 1.29 is 0 Å². The first kappa shape index (κ1) is 10.9. The van der Waals surface area contributed by atoms with Gasteiger partial charge in [0.25, 0.3) is 0 Å². The van der Waals surface area contributed by atoms with Gasteiger partial charge in [0.2, 0.25) is 0 Å². The average molecular weight is 410 g/mol. The quantitative estimate of drug-likeness (QED) is 0.481. The molecule has 1 aromatic carbocycles. The second-order valence-corrected chi connectivity index (χ2v) is 8.88. The Kier molecular flexibility index (Phi) is 3.21. The molecule has 0 atom stereocenters. The zero-order valence-corrected chi connectivity index (χ0v) is 12.4. The monoisotopic (exact) mass is 410 g/mol. The summed E-state index contributed by atoms with van der Waals surface area (Å²) in [4.78, 5) is 0. The van der Waals surface area contributed by atoms with Gasteiger partial charge in [-0.25, -0.2) is 0 Å². The first-order valence-corrected chi connectivity index (χ1v) is 7.00. The van der Waals surface area contributed by atoms with Crippen LogP contribution in [0, 0.1) is 0 Å². The molecule has 0 aliphatic heterocycles. The molecule has 0 fully saturated rings. The second kappa shape index (κ2) is 4.12. The van der Waals surface area contributed by atoms with E-state index < -0.39 is 0 Å². The number of allylic oxidation sites excluding steroid dienone is 1. The zero-order valence-electron chi connectivity index (χ0n) is 8.06. The lowest BCUT2D eigenvalue weighted by Gasteiger charge is -2.20. The van der Waals surface area contributed by atoms with E-state index in [0.717, 1.165) is 0 Å².